The molecule has 0 spiro atoms. The number of anilines is 1. The topological polar surface area (TPSA) is 47.6 Å². The molecule has 1 aliphatic rings. The lowest BCUT2D eigenvalue weighted by Crippen LogP contribution is -2.40. The van der Waals surface area contributed by atoms with Crippen molar-refractivity contribution in [3.63, 3.8) is 0 Å². The van der Waals surface area contributed by atoms with Crippen LogP contribution in [0.5, 0.6) is 5.75 Å². The maximum absolute atomic E-state index is 13.3. The molecule has 0 unspecified atom stereocenters. The Morgan fingerprint density at radius 1 is 1.19 bits per heavy atom. The van der Waals surface area contributed by atoms with Crippen molar-refractivity contribution in [2.24, 2.45) is 5.41 Å². The lowest BCUT2D eigenvalue weighted by molar-refractivity contribution is -0.154. The average Bonchev–Trinajstić information content (AvgIpc) is 2.58. The highest BCUT2D eigenvalue weighted by atomic mass is 19.1. The fraction of sp³-hybridized carbons (Fsp3) is 0.381. The first-order valence-corrected chi connectivity index (χ1v) is 8.79. The molecule has 1 heterocycles. The number of carbonyl (C=O) groups is 1. The van der Waals surface area contributed by atoms with Gasteiger partial charge in [0, 0.05) is 23.6 Å². The van der Waals surface area contributed by atoms with Crippen molar-refractivity contribution >= 4 is 11.7 Å². The quantitative estimate of drug-likeness (QED) is 0.781. The summed E-state index contributed by atoms with van der Waals surface area (Å²) in [6.45, 7) is 7.98. The van der Waals surface area contributed by atoms with Gasteiger partial charge in [-0.2, -0.15) is 0 Å². The summed E-state index contributed by atoms with van der Waals surface area (Å²) >= 11 is 0. The van der Waals surface area contributed by atoms with Crippen molar-refractivity contribution in [3.05, 3.63) is 59.4 Å². The Morgan fingerprint density at radius 3 is 2.50 bits per heavy atom. The van der Waals surface area contributed by atoms with E-state index in [9.17, 15) is 9.18 Å². The molecule has 2 aromatic carbocycles. The van der Waals surface area contributed by atoms with Gasteiger partial charge in [0.25, 0.3) is 0 Å². The number of hydrogen-bond acceptors (Lipinski definition) is 4. The second-order valence-corrected chi connectivity index (χ2v) is 7.12. The number of fused-ring (bicyclic) bond motifs is 1. The first-order chi connectivity index (χ1) is 12.3. The van der Waals surface area contributed by atoms with Gasteiger partial charge in [0.05, 0.1) is 12.6 Å². The van der Waals surface area contributed by atoms with Crippen molar-refractivity contribution in [1.29, 1.82) is 0 Å². The summed E-state index contributed by atoms with van der Waals surface area (Å²) in [5, 5.41) is 3.53. The molecule has 2 atom stereocenters. The number of nitrogens with one attached hydrogen (secondary N) is 1. The smallest absolute Gasteiger partial charge is 0.303 e. The lowest BCUT2D eigenvalue weighted by atomic mass is 9.70. The van der Waals surface area contributed by atoms with Gasteiger partial charge in [0.1, 0.15) is 17.7 Å². The molecule has 2 aromatic rings. The molecule has 1 aliphatic heterocycles. The van der Waals surface area contributed by atoms with Gasteiger partial charge in [0.2, 0.25) is 0 Å². The Bertz CT molecular complexity index is 801. The molecule has 0 radical (unpaired) electrons. The van der Waals surface area contributed by atoms with Gasteiger partial charge in [-0.1, -0.05) is 26.0 Å². The fourth-order valence-corrected chi connectivity index (χ4v) is 3.59. The Balaban J connectivity index is 2.08. The van der Waals surface area contributed by atoms with E-state index in [4.69, 9.17) is 9.47 Å². The third kappa shape index (κ3) is 3.39. The van der Waals surface area contributed by atoms with Gasteiger partial charge >= 0.3 is 5.97 Å². The average molecular weight is 357 g/mol. The van der Waals surface area contributed by atoms with Crippen molar-refractivity contribution in [2.45, 2.75) is 39.8 Å². The highest BCUT2D eigenvalue weighted by Gasteiger charge is 2.46. The first kappa shape index (κ1) is 18.2. The molecule has 4 nitrogen and oxygen atoms in total. The normalized spacial score (nSPS) is 20.7. The van der Waals surface area contributed by atoms with Gasteiger partial charge in [-0.05, 0) is 42.8 Å². The zero-order valence-electron chi connectivity index (χ0n) is 15.5. The number of carbonyl (C=O) groups excluding carboxylic acids is 1. The van der Waals surface area contributed by atoms with Crippen LogP contribution in [0.25, 0.3) is 0 Å². The zero-order chi connectivity index (χ0) is 18.9. The van der Waals surface area contributed by atoms with Crippen LogP contribution in [0.3, 0.4) is 0 Å². The molecule has 0 aliphatic carbocycles. The minimum Gasteiger partial charge on any atom is -0.494 e. The van der Waals surface area contributed by atoms with Crippen LogP contribution >= 0.6 is 0 Å². The highest BCUT2D eigenvalue weighted by Crippen LogP contribution is 2.53. The second kappa shape index (κ2) is 6.98. The number of esters is 1. The number of benzene rings is 2. The first-order valence-electron chi connectivity index (χ1n) is 8.79. The van der Waals surface area contributed by atoms with Crippen molar-refractivity contribution in [2.75, 3.05) is 11.9 Å². The molecule has 3 rings (SSSR count). The summed E-state index contributed by atoms with van der Waals surface area (Å²) in [6, 6.07) is 12.0. The minimum absolute atomic E-state index is 0.141. The van der Waals surface area contributed by atoms with Gasteiger partial charge in [-0.15, -0.1) is 0 Å². The Morgan fingerprint density at radius 2 is 1.88 bits per heavy atom. The van der Waals surface area contributed by atoms with Crippen LogP contribution in [0, 0.1) is 11.2 Å². The van der Waals surface area contributed by atoms with E-state index in [-0.39, 0.29) is 17.8 Å². The maximum Gasteiger partial charge on any atom is 0.303 e. The largest absolute Gasteiger partial charge is 0.494 e. The fourth-order valence-electron chi connectivity index (χ4n) is 3.59. The molecule has 0 saturated heterocycles. The third-order valence-electron chi connectivity index (χ3n) is 4.82. The van der Waals surface area contributed by atoms with Crippen LogP contribution in [0.1, 0.15) is 51.0 Å². The van der Waals surface area contributed by atoms with Crippen LogP contribution in [-0.2, 0) is 9.53 Å². The molecule has 0 aromatic heterocycles. The van der Waals surface area contributed by atoms with E-state index in [1.165, 1.54) is 19.1 Å². The molecule has 138 valence electrons. The zero-order valence-corrected chi connectivity index (χ0v) is 15.5. The van der Waals surface area contributed by atoms with Gasteiger partial charge in [0.15, 0.2) is 0 Å². The molecular weight excluding hydrogens is 333 g/mol. The van der Waals surface area contributed by atoms with E-state index in [0.717, 1.165) is 22.6 Å². The van der Waals surface area contributed by atoms with E-state index >= 15 is 0 Å². The van der Waals surface area contributed by atoms with Gasteiger partial charge < -0.3 is 14.8 Å². The monoisotopic (exact) mass is 357 g/mol. The van der Waals surface area contributed by atoms with Gasteiger partial charge in [-0.25, -0.2) is 4.39 Å². The van der Waals surface area contributed by atoms with Crippen LogP contribution in [-0.4, -0.2) is 12.6 Å². The van der Waals surface area contributed by atoms with E-state index < -0.39 is 11.5 Å². The molecule has 0 saturated carbocycles. The Kier molecular flexibility index (Phi) is 4.90. The number of halogens is 1. The summed E-state index contributed by atoms with van der Waals surface area (Å²) < 4.78 is 24.7. The number of hydrogen-bond donors (Lipinski definition) is 1. The van der Waals surface area contributed by atoms with E-state index in [1.807, 2.05) is 39.0 Å². The van der Waals surface area contributed by atoms with Crippen molar-refractivity contribution in [1.82, 2.24) is 0 Å². The van der Waals surface area contributed by atoms with Crippen LogP contribution in [0.15, 0.2) is 42.5 Å². The van der Waals surface area contributed by atoms with E-state index in [0.29, 0.717) is 6.61 Å². The van der Waals surface area contributed by atoms with Crippen molar-refractivity contribution in [3.8, 4) is 5.75 Å². The lowest BCUT2D eigenvalue weighted by Gasteiger charge is -2.46. The Hall–Kier alpha value is -2.56. The number of ether oxygens (including phenoxy) is 2. The standard InChI is InChI=1S/C21H24FNO3/c1-5-25-16-10-11-18-17(12-16)20(26-13(2)24)21(3,4)19(23-18)14-6-8-15(22)9-7-14/h6-12,19-20,23H,5H2,1-4H3/t19-,20+/m0/s1. The predicted octanol–water partition coefficient (Wildman–Crippen LogP) is 5.02. The molecule has 5 heteroatoms. The summed E-state index contributed by atoms with van der Waals surface area (Å²) in [7, 11) is 0. The van der Waals surface area contributed by atoms with Crippen LogP contribution in [0.2, 0.25) is 0 Å². The SMILES string of the molecule is CCOc1ccc2c(c1)[C@@H](OC(C)=O)C(C)(C)[C@H](c1ccc(F)cc1)N2. The summed E-state index contributed by atoms with van der Waals surface area (Å²) in [6.07, 6.45) is -0.452. The molecule has 0 fully saturated rings. The molecule has 0 amide bonds. The predicted molar refractivity (Wildman–Crippen MR) is 98.7 cm³/mol. The number of rotatable bonds is 4. The second-order valence-electron chi connectivity index (χ2n) is 7.12. The summed E-state index contributed by atoms with van der Waals surface area (Å²) in [5.74, 6) is 0.123. The van der Waals surface area contributed by atoms with Crippen molar-refractivity contribution < 1.29 is 18.7 Å². The van der Waals surface area contributed by atoms with Gasteiger partial charge in [-0.3, -0.25) is 4.79 Å². The highest BCUT2D eigenvalue weighted by molar-refractivity contribution is 5.68. The summed E-state index contributed by atoms with van der Waals surface area (Å²) in [5.41, 5.74) is 2.25. The van der Waals surface area contributed by atoms with E-state index in [1.54, 1.807) is 12.1 Å². The molecular formula is C21H24FNO3. The summed E-state index contributed by atoms with van der Waals surface area (Å²) in [4.78, 5) is 11.8. The third-order valence-corrected chi connectivity index (χ3v) is 4.82. The molecule has 1 N–H and O–H groups in total. The molecule has 0 bridgehead atoms. The molecule has 26 heavy (non-hydrogen) atoms. The minimum atomic E-state index is -0.457. The van der Waals surface area contributed by atoms with Crippen LogP contribution in [0.4, 0.5) is 10.1 Å². The van der Waals surface area contributed by atoms with E-state index in [2.05, 4.69) is 5.32 Å². The van der Waals surface area contributed by atoms with Crippen LogP contribution < -0.4 is 10.1 Å². The maximum atomic E-state index is 13.3. The Labute approximate surface area is 153 Å².